The summed E-state index contributed by atoms with van der Waals surface area (Å²) in [6, 6.07) is 0. The van der Waals surface area contributed by atoms with Crippen molar-refractivity contribution in [2.75, 3.05) is 0 Å². The van der Waals surface area contributed by atoms with Crippen molar-refractivity contribution in [2.45, 2.75) is 66.9 Å². The minimum absolute atomic E-state index is 0.192. The number of rotatable bonds is 0. The van der Waals surface area contributed by atoms with E-state index in [0.717, 1.165) is 6.42 Å². The summed E-state index contributed by atoms with van der Waals surface area (Å²) in [5.74, 6) is 1.04. The first-order valence-corrected chi connectivity index (χ1v) is 6.18. The Bertz CT molecular complexity index is 227. The molecular weight excluding hydrogens is 184 g/mol. The van der Waals surface area contributed by atoms with Gasteiger partial charge in [-0.1, -0.05) is 41.5 Å². The molecule has 0 amide bonds. The van der Waals surface area contributed by atoms with Gasteiger partial charge in [0.05, 0.1) is 5.60 Å². The highest BCUT2D eigenvalue weighted by atomic mass is 16.3. The van der Waals surface area contributed by atoms with Crippen LogP contribution in [0.3, 0.4) is 0 Å². The molecule has 0 aliphatic heterocycles. The second kappa shape index (κ2) is 3.48. The molecule has 0 saturated heterocycles. The Morgan fingerprint density at radius 2 is 1.47 bits per heavy atom. The number of hydrogen-bond donors (Lipinski definition) is 1. The second-order valence-electron chi connectivity index (χ2n) is 7.71. The van der Waals surface area contributed by atoms with Gasteiger partial charge in [0.1, 0.15) is 0 Å². The van der Waals surface area contributed by atoms with Crippen LogP contribution in [0.5, 0.6) is 0 Å². The standard InChI is InChI=1S/C14H28O/c1-12(2,3)10-8-9-14(7,15)11(10)13(4,5)6/h10-11,15H,8-9H2,1-7H3. The summed E-state index contributed by atoms with van der Waals surface area (Å²) in [5, 5.41) is 10.5. The van der Waals surface area contributed by atoms with Crippen LogP contribution in [0.15, 0.2) is 0 Å². The maximum atomic E-state index is 10.5. The molecule has 1 fully saturated rings. The molecule has 3 atom stereocenters. The van der Waals surface area contributed by atoms with Gasteiger partial charge < -0.3 is 5.11 Å². The Balaban J connectivity index is 3.03. The molecule has 1 rings (SSSR count). The fourth-order valence-corrected chi connectivity index (χ4v) is 3.67. The van der Waals surface area contributed by atoms with Crippen LogP contribution in [0.25, 0.3) is 0 Å². The van der Waals surface area contributed by atoms with Gasteiger partial charge in [-0.3, -0.25) is 0 Å². The van der Waals surface area contributed by atoms with E-state index in [1.54, 1.807) is 0 Å². The zero-order valence-electron chi connectivity index (χ0n) is 11.5. The normalized spacial score (nSPS) is 38.4. The maximum absolute atomic E-state index is 10.5. The molecule has 0 radical (unpaired) electrons. The van der Waals surface area contributed by atoms with Gasteiger partial charge >= 0.3 is 0 Å². The molecule has 1 aliphatic rings. The van der Waals surface area contributed by atoms with Crippen molar-refractivity contribution in [1.29, 1.82) is 0 Å². The first-order valence-electron chi connectivity index (χ1n) is 6.18. The third-order valence-electron chi connectivity index (χ3n) is 4.08. The fraction of sp³-hybridized carbons (Fsp3) is 1.00. The van der Waals surface area contributed by atoms with Crippen molar-refractivity contribution in [3.8, 4) is 0 Å². The van der Waals surface area contributed by atoms with E-state index in [4.69, 9.17) is 0 Å². The van der Waals surface area contributed by atoms with Crippen molar-refractivity contribution in [3.63, 3.8) is 0 Å². The lowest BCUT2D eigenvalue weighted by atomic mass is 9.63. The van der Waals surface area contributed by atoms with E-state index in [0.29, 0.717) is 17.3 Å². The lowest BCUT2D eigenvalue weighted by Gasteiger charge is -2.44. The van der Waals surface area contributed by atoms with E-state index in [1.165, 1.54) is 6.42 Å². The molecule has 0 aromatic carbocycles. The van der Waals surface area contributed by atoms with Gasteiger partial charge in [0.25, 0.3) is 0 Å². The van der Waals surface area contributed by atoms with Crippen molar-refractivity contribution in [1.82, 2.24) is 0 Å². The molecule has 1 aliphatic carbocycles. The first-order chi connectivity index (χ1) is 6.46. The highest BCUT2D eigenvalue weighted by Gasteiger charge is 2.52. The van der Waals surface area contributed by atoms with Gasteiger partial charge in [-0.05, 0) is 42.4 Å². The van der Waals surface area contributed by atoms with Crippen LogP contribution >= 0.6 is 0 Å². The zero-order valence-corrected chi connectivity index (χ0v) is 11.5. The maximum Gasteiger partial charge on any atom is 0.0655 e. The lowest BCUT2D eigenvalue weighted by molar-refractivity contribution is -0.0565. The van der Waals surface area contributed by atoms with Crippen LogP contribution in [0.1, 0.15) is 61.3 Å². The Hall–Kier alpha value is -0.0400. The Labute approximate surface area is 95.3 Å². The summed E-state index contributed by atoms with van der Waals surface area (Å²) in [5.41, 5.74) is 0.0204. The summed E-state index contributed by atoms with van der Waals surface area (Å²) in [6.45, 7) is 15.7. The van der Waals surface area contributed by atoms with E-state index in [-0.39, 0.29) is 5.41 Å². The number of hydrogen-bond acceptors (Lipinski definition) is 1. The molecule has 0 bridgehead atoms. The third-order valence-corrected chi connectivity index (χ3v) is 4.08. The fourth-order valence-electron chi connectivity index (χ4n) is 3.67. The van der Waals surface area contributed by atoms with Crippen molar-refractivity contribution >= 4 is 0 Å². The second-order valence-corrected chi connectivity index (χ2v) is 7.71. The van der Waals surface area contributed by atoms with Crippen LogP contribution < -0.4 is 0 Å². The topological polar surface area (TPSA) is 20.2 Å². The van der Waals surface area contributed by atoms with Gasteiger partial charge in [0.2, 0.25) is 0 Å². The molecule has 0 aromatic heterocycles. The molecule has 0 heterocycles. The van der Waals surface area contributed by atoms with Gasteiger partial charge in [-0.25, -0.2) is 0 Å². The summed E-state index contributed by atoms with van der Waals surface area (Å²) in [7, 11) is 0. The van der Waals surface area contributed by atoms with Crippen molar-refractivity contribution in [2.24, 2.45) is 22.7 Å². The molecule has 3 unspecified atom stereocenters. The van der Waals surface area contributed by atoms with Gasteiger partial charge in [-0.2, -0.15) is 0 Å². The molecule has 1 N–H and O–H groups in total. The van der Waals surface area contributed by atoms with Gasteiger partial charge in [-0.15, -0.1) is 0 Å². The Morgan fingerprint density at radius 3 is 1.73 bits per heavy atom. The highest BCUT2D eigenvalue weighted by molar-refractivity contribution is 5.02. The van der Waals surface area contributed by atoms with Crippen LogP contribution in [0.2, 0.25) is 0 Å². The molecule has 15 heavy (non-hydrogen) atoms. The molecule has 1 heteroatoms. The van der Waals surface area contributed by atoms with E-state index in [9.17, 15) is 5.11 Å². The predicted molar refractivity (Wildman–Crippen MR) is 65.7 cm³/mol. The van der Waals surface area contributed by atoms with E-state index in [2.05, 4.69) is 41.5 Å². The van der Waals surface area contributed by atoms with Crippen molar-refractivity contribution in [3.05, 3.63) is 0 Å². The first kappa shape index (κ1) is 13.0. The average molecular weight is 212 g/mol. The summed E-state index contributed by atoms with van der Waals surface area (Å²) in [6.07, 6.45) is 2.12. The van der Waals surface area contributed by atoms with Gasteiger partial charge in [0, 0.05) is 0 Å². The molecule has 0 aromatic rings. The molecule has 1 saturated carbocycles. The predicted octanol–water partition coefficient (Wildman–Crippen LogP) is 3.86. The molecule has 0 spiro atoms. The van der Waals surface area contributed by atoms with E-state index in [1.807, 2.05) is 6.92 Å². The molecular formula is C14H28O. The summed E-state index contributed by atoms with van der Waals surface area (Å²) < 4.78 is 0. The van der Waals surface area contributed by atoms with Crippen LogP contribution in [-0.4, -0.2) is 10.7 Å². The monoisotopic (exact) mass is 212 g/mol. The lowest BCUT2D eigenvalue weighted by Crippen LogP contribution is -2.43. The molecule has 90 valence electrons. The minimum atomic E-state index is -0.476. The van der Waals surface area contributed by atoms with Crippen LogP contribution in [0.4, 0.5) is 0 Å². The zero-order chi connectivity index (χ0) is 12.1. The number of aliphatic hydroxyl groups is 1. The van der Waals surface area contributed by atoms with Gasteiger partial charge in [0.15, 0.2) is 0 Å². The molecule has 1 nitrogen and oxygen atoms in total. The Morgan fingerprint density at radius 1 is 1.00 bits per heavy atom. The van der Waals surface area contributed by atoms with Crippen molar-refractivity contribution < 1.29 is 5.11 Å². The SMILES string of the molecule is CC(C)(C)C1CCC(C)(O)C1C(C)(C)C. The average Bonchev–Trinajstić information content (AvgIpc) is 2.21. The quantitative estimate of drug-likeness (QED) is 0.646. The minimum Gasteiger partial charge on any atom is -0.390 e. The van der Waals surface area contributed by atoms with Crippen LogP contribution in [-0.2, 0) is 0 Å². The largest absolute Gasteiger partial charge is 0.390 e. The Kier molecular flexibility index (Phi) is 3.02. The van der Waals surface area contributed by atoms with E-state index >= 15 is 0 Å². The smallest absolute Gasteiger partial charge is 0.0655 e. The van der Waals surface area contributed by atoms with E-state index < -0.39 is 5.60 Å². The summed E-state index contributed by atoms with van der Waals surface area (Å²) in [4.78, 5) is 0. The third kappa shape index (κ3) is 2.55. The highest BCUT2D eigenvalue weighted by Crippen LogP contribution is 2.55. The van der Waals surface area contributed by atoms with Crippen LogP contribution in [0, 0.1) is 22.7 Å². The summed E-state index contributed by atoms with van der Waals surface area (Å²) >= 11 is 0.